The molecule has 0 N–H and O–H groups in total. The minimum Gasteiger partial charge on any atom is -0.0654 e. The molecule has 1 aromatic rings. The average molecular weight is 414 g/mol. The number of hydrogen-bond donors (Lipinski definition) is 0. The molecule has 0 nitrogen and oxygen atoms in total. The van der Waals surface area contributed by atoms with Crippen molar-refractivity contribution in [2.24, 2.45) is 0 Å². The van der Waals surface area contributed by atoms with Gasteiger partial charge in [0.15, 0.2) is 0 Å². The van der Waals surface area contributed by atoms with Crippen LogP contribution in [-0.2, 0) is 0 Å². The Balaban J connectivity index is 2.38. The molecule has 1 aromatic carbocycles. The highest BCUT2D eigenvalue weighted by Gasteiger charge is 2.11. The van der Waals surface area contributed by atoms with Gasteiger partial charge in [0.2, 0.25) is 0 Å². The molecule has 0 amide bonds. The Labute approximate surface area is 152 Å². The first kappa shape index (κ1) is 20.0. The highest BCUT2D eigenvalue weighted by atomic mass is 127. The summed E-state index contributed by atoms with van der Waals surface area (Å²) in [6, 6.07) is 9.28. The number of unbranched alkanes of at least 4 members (excludes halogenated alkanes) is 8. The lowest BCUT2D eigenvalue weighted by atomic mass is 9.88. The lowest BCUT2D eigenvalue weighted by Gasteiger charge is -2.17. The zero-order valence-corrected chi connectivity index (χ0v) is 16.9. The molecule has 0 heterocycles. The van der Waals surface area contributed by atoms with E-state index in [1.54, 1.807) is 5.56 Å². The fourth-order valence-electron chi connectivity index (χ4n) is 3.20. The molecular formula is C21H35I. The summed E-state index contributed by atoms with van der Waals surface area (Å²) < 4.78 is 1.35. The Bertz CT molecular complexity index is 355. The third kappa shape index (κ3) is 9.17. The van der Waals surface area contributed by atoms with E-state index < -0.39 is 0 Å². The smallest absolute Gasteiger partial charge is 0.0130 e. The van der Waals surface area contributed by atoms with Crippen molar-refractivity contribution in [3.63, 3.8) is 0 Å². The summed E-state index contributed by atoms with van der Waals surface area (Å²) in [5.74, 6) is 0.792. The fraction of sp³-hybridized carbons (Fsp3) is 0.714. The van der Waals surface area contributed by atoms with Crippen LogP contribution in [0.3, 0.4) is 0 Å². The maximum Gasteiger partial charge on any atom is 0.0130 e. The first-order valence-electron chi connectivity index (χ1n) is 9.53. The SMILES string of the molecule is CCCCCCCCC(CCCCCC)c1ccc(I)cc1. The summed E-state index contributed by atoms with van der Waals surface area (Å²) in [6.45, 7) is 4.59. The van der Waals surface area contributed by atoms with Crippen LogP contribution in [0.15, 0.2) is 24.3 Å². The molecule has 0 spiro atoms. The van der Waals surface area contributed by atoms with Crippen molar-refractivity contribution in [1.29, 1.82) is 0 Å². The van der Waals surface area contributed by atoms with Gasteiger partial charge in [-0.05, 0) is 59.0 Å². The third-order valence-electron chi connectivity index (χ3n) is 4.65. The van der Waals surface area contributed by atoms with Crippen LogP contribution in [0.4, 0.5) is 0 Å². The number of benzene rings is 1. The Morgan fingerprint density at radius 2 is 1.14 bits per heavy atom. The van der Waals surface area contributed by atoms with Gasteiger partial charge in [0.1, 0.15) is 0 Å². The second-order valence-electron chi connectivity index (χ2n) is 6.65. The average Bonchev–Trinajstić information content (AvgIpc) is 2.53. The third-order valence-corrected chi connectivity index (χ3v) is 5.37. The van der Waals surface area contributed by atoms with Crippen LogP contribution in [0.1, 0.15) is 102 Å². The molecule has 0 radical (unpaired) electrons. The van der Waals surface area contributed by atoms with Crippen LogP contribution in [0, 0.1) is 3.57 Å². The molecule has 0 fully saturated rings. The van der Waals surface area contributed by atoms with Crippen molar-refractivity contribution < 1.29 is 0 Å². The Morgan fingerprint density at radius 3 is 1.68 bits per heavy atom. The van der Waals surface area contributed by atoms with E-state index in [1.165, 1.54) is 80.6 Å². The summed E-state index contributed by atoms with van der Waals surface area (Å²) in [6.07, 6.45) is 16.8. The van der Waals surface area contributed by atoms with Crippen molar-refractivity contribution in [3.05, 3.63) is 33.4 Å². The molecule has 1 atom stereocenters. The predicted octanol–water partition coefficient (Wildman–Crippen LogP) is 8.10. The molecule has 1 rings (SSSR count). The first-order valence-corrected chi connectivity index (χ1v) is 10.6. The zero-order chi connectivity index (χ0) is 16.0. The maximum atomic E-state index is 2.41. The normalized spacial score (nSPS) is 12.5. The minimum absolute atomic E-state index is 0.792. The topological polar surface area (TPSA) is 0 Å². The van der Waals surface area contributed by atoms with Gasteiger partial charge in [-0.3, -0.25) is 0 Å². The van der Waals surface area contributed by atoms with E-state index in [0.29, 0.717) is 0 Å². The van der Waals surface area contributed by atoms with Gasteiger partial charge in [-0.25, -0.2) is 0 Å². The van der Waals surface area contributed by atoms with Gasteiger partial charge in [0, 0.05) is 3.57 Å². The number of hydrogen-bond acceptors (Lipinski definition) is 0. The molecule has 0 aromatic heterocycles. The molecule has 1 unspecified atom stereocenters. The van der Waals surface area contributed by atoms with Crippen molar-refractivity contribution in [2.75, 3.05) is 0 Å². The molecule has 126 valence electrons. The summed E-state index contributed by atoms with van der Waals surface area (Å²) in [5.41, 5.74) is 1.57. The van der Waals surface area contributed by atoms with Crippen molar-refractivity contribution in [1.82, 2.24) is 0 Å². The van der Waals surface area contributed by atoms with E-state index >= 15 is 0 Å². The first-order chi connectivity index (χ1) is 10.8. The Kier molecular flexibility index (Phi) is 12.2. The van der Waals surface area contributed by atoms with Gasteiger partial charge in [0.25, 0.3) is 0 Å². The van der Waals surface area contributed by atoms with Gasteiger partial charge in [-0.15, -0.1) is 0 Å². The van der Waals surface area contributed by atoms with Crippen LogP contribution in [-0.4, -0.2) is 0 Å². The number of halogens is 1. The summed E-state index contributed by atoms with van der Waals surface area (Å²) >= 11 is 2.41. The van der Waals surface area contributed by atoms with Crippen molar-refractivity contribution >= 4 is 22.6 Å². The monoisotopic (exact) mass is 414 g/mol. The van der Waals surface area contributed by atoms with Gasteiger partial charge in [0.05, 0.1) is 0 Å². The number of rotatable bonds is 13. The largest absolute Gasteiger partial charge is 0.0654 e. The molecule has 0 saturated heterocycles. The van der Waals surface area contributed by atoms with Gasteiger partial charge < -0.3 is 0 Å². The molecule has 1 heteroatoms. The van der Waals surface area contributed by atoms with Gasteiger partial charge in [-0.2, -0.15) is 0 Å². The highest BCUT2D eigenvalue weighted by Crippen LogP contribution is 2.29. The predicted molar refractivity (Wildman–Crippen MR) is 109 cm³/mol. The van der Waals surface area contributed by atoms with Crippen LogP contribution < -0.4 is 0 Å². The summed E-state index contributed by atoms with van der Waals surface area (Å²) in [4.78, 5) is 0. The van der Waals surface area contributed by atoms with E-state index in [2.05, 4.69) is 60.7 Å². The van der Waals surface area contributed by atoms with Gasteiger partial charge >= 0.3 is 0 Å². The standard InChI is InChI=1S/C21H35I/c1-3-5-7-9-10-12-14-19(13-11-8-6-4-2)20-15-17-21(22)18-16-20/h15-19H,3-14H2,1-2H3. The lowest BCUT2D eigenvalue weighted by Crippen LogP contribution is -2.00. The minimum atomic E-state index is 0.792. The second-order valence-corrected chi connectivity index (χ2v) is 7.90. The fourth-order valence-corrected chi connectivity index (χ4v) is 3.56. The Morgan fingerprint density at radius 1 is 0.682 bits per heavy atom. The lowest BCUT2D eigenvalue weighted by molar-refractivity contribution is 0.491. The summed E-state index contributed by atoms with van der Waals surface area (Å²) in [7, 11) is 0. The zero-order valence-electron chi connectivity index (χ0n) is 14.7. The van der Waals surface area contributed by atoms with E-state index in [0.717, 1.165) is 5.92 Å². The second kappa shape index (κ2) is 13.4. The van der Waals surface area contributed by atoms with Crippen molar-refractivity contribution in [2.45, 2.75) is 96.8 Å². The molecular weight excluding hydrogens is 379 g/mol. The molecule has 0 bridgehead atoms. The Hall–Kier alpha value is -0.0500. The van der Waals surface area contributed by atoms with E-state index in [4.69, 9.17) is 0 Å². The van der Waals surface area contributed by atoms with Crippen molar-refractivity contribution in [3.8, 4) is 0 Å². The van der Waals surface area contributed by atoms with Crippen LogP contribution in [0.2, 0.25) is 0 Å². The summed E-state index contributed by atoms with van der Waals surface area (Å²) in [5, 5.41) is 0. The van der Waals surface area contributed by atoms with Crippen LogP contribution in [0.5, 0.6) is 0 Å². The highest BCUT2D eigenvalue weighted by molar-refractivity contribution is 14.1. The van der Waals surface area contributed by atoms with E-state index in [9.17, 15) is 0 Å². The van der Waals surface area contributed by atoms with Crippen LogP contribution in [0.25, 0.3) is 0 Å². The van der Waals surface area contributed by atoms with Crippen LogP contribution >= 0.6 is 22.6 Å². The quantitative estimate of drug-likeness (QED) is 0.226. The van der Waals surface area contributed by atoms with Gasteiger partial charge in [-0.1, -0.05) is 90.2 Å². The maximum absolute atomic E-state index is 2.41. The van der Waals surface area contributed by atoms with E-state index in [-0.39, 0.29) is 0 Å². The molecule has 0 aliphatic carbocycles. The molecule has 22 heavy (non-hydrogen) atoms. The molecule has 0 aliphatic heterocycles. The molecule has 0 aliphatic rings. The van der Waals surface area contributed by atoms with E-state index in [1.807, 2.05) is 0 Å². The molecule has 0 saturated carbocycles.